The first-order valence-electron chi connectivity index (χ1n) is 5.72. The Kier molecular flexibility index (Phi) is 3.57. The van der Waals surface area contributed by atoms with Gasteiger partial charge in [-0.2, -0.15) is 0 Å². The molecule has 0 bridgehead atoms. The van der Waals surface area contributed by atoms with Crippen molar-refractivity contribution in [3.05, 3.63) is 39.9 Å². The first kappa shape index (κ1) is 12.5. The number of hydrogen-bond donors (Lipinski definition) is 1. The molecule has 0 atom stereocenters. The van der Waals surface area contributed by atoms with E-state index in [0.29, 0.717) is 18.7 Å². The van der Waals surface area contributed by atoms with Gasteiger partial charge in [0.1, 0.15) is 0 Å². The molecule has 1 amide bonds. The van der Waals surface area contributed by atoms with Crippen LogP contribution in [-0.2, 0) is 11.2 Å². The zero-order chi connectivity index (χ0) is 13.1. The molecule has 1 aromatic rings. The lowest BCUT2D eigenvalue weighted by Gasteiger charge is -2.38. The summed E-state index contributed by atoms with van der Waals surface area (Å²) in [5.41, 5.74) is 0.638. The highest BCUT2D eigenvalue weighted by atomic mass is 16.6. The molecule has 2 rings (SSSR count). The lowest BCUT2D eigenvalue weighted by molar-refractivity contribution is -0.384. The average Bonchev–Trinajstić information content (AvgIpc) is 2.27. The van der Waals surface area contributed by atoms with Crippen LogP contribution in [0.2, 0.25) is 0 Å². The number of carbonyl (C=O) groups is 1. The number of likely N-dealkylation sites (tertiary alicyclic amines) is 1. The van der Waals surface area contributed by atoms with Gasteiger partial charge in [0, 0.05) is 37.7 Å². The molecular formula is C12H14N2O4. The van der Waals surface area contributed by atoms with E-state index < -0.39 is 4.92 Å². The van der Waals surface area contributed by atoms with Crippen molar-refractivity contribution < 1.29 is 14.8 Å². The van der Waals surface area contributed by atoms with E-state index in [-0.39, 0.29) is 30.5 Å². The minimum atomic E-state index is -0.473. The lowest BCUT2D eigenvalue weighted by Crippen LogP contribution is -2.51. The normalized spacial score (nSPS) is 15.3. The highest BCUT2D eigenvalue weighted by molar-refractivity contribution is 5.79. The Morgan fingerprint density at radius 1 is 1.50 bits per heavy atom. The van der Waals surface area contributed by atoms with Gasteiger partial charge in [-0.25, -0.2) is 0 Å². The maximum atomic E-state index is 11.8. The molecule has 0 aromatic heterocycles. The van der Waals surface area contributed by atoms with Crippen LogP contribution in [0.1, 0.15) is 5.56 Å². The van der Waals surface area contributed by atoms with Gasteiger partial charge in [-0.3, -0.25) is 14.9 Å². The Morgan fingerprint density at radius 3 is 2.83 bits per heavy atom. The standard InChI is InChI=1S/C12H14N2O4/c15-8-10-6-13(7-10)12(16)5-9-2-1-3-11(4-9)14(17)18/h1-4,10,15H,5-8H2. The molecule has 0 saturated carbocycles. The van der Waals surface area contributed by atoms with Crippen LogP contribution in [-0.4, -0.2) is 40.5 Å². The van der Waals surface area contributed by atoms with E-state index in [9.17, 15) is 14.9 Å². The molecule has 6 nitrogen and oxygen atoms in total. The summed E-state index contributed by atoms with van der Waals surface area (Å²) in [6.45, 7) is 1.25. The summed E-state index contributed by atoms with van der Waals surface area (Å²) in [6.07, 6.45) is 0.166. The van der Waals surface area contributed by atoms with Crippen molar-refractivity contribution in [1.29, 1.82) is 0 Å². The average molecular weight is 250 g/mol. The second-order valence-corrected chi connectivity index (χ2v) is 4.45. The number of aliphatic hydroxyl groups excluding tert-OH is 1. The predicted octanol–water partition coefficient (Wildman–Crippen LogP) is 0.588. The van der Waals surface area contributed by atoms with Crippen LogP contribution in [0.5, 0.6) is 0 Å². The molecule has 0 unspecified atom stereocenters. The molecule has 1 fully saturated rings. The SMILES string of the molecule is O=C(Cc1cccc([N+](=O)[O-])c1)N1CC(CO)C1. The molecule has 0 aliphatic carbocycles. The largest absolute Gasteiger partial charge is 0.396 e. The summed E-state index contributed by atoms with van der Waals surface area (Å²) >= 11 is 0. The Hall–Kier alpha value is -1.95. The van der Waals surface area contributed by atoms with Crippen LogP contribution in [0, 0.1) is 16.0 Å². The molecule has 0 spiro atoms. The molecule has 0 radical (unpaired) electrons. The first-order chi connectivity index (χ1) is 8.60. The summed E-state index contributed by atoms with van der Waals surface area (Å²) in [7, 11) is 0. The third-order valence-electron chi connectivity index (χ3n) is 3.04. The van der Waals surface area contributed by atoms with Crippen molar-refractivity contribution in [3.8, 4) is 0 Å². The molecule has 18 heavy (non-hydrogen) atoms. The zero-order valence-corrected chi connectivity index (χ0v) is 9.78. The molecule has 1 aliphatic rings. The third-order valence-corrected chi connectivity index (χ3v) is 3.04. The van der Waals surface area contributed by atoms with Crippen LogP contribution in [0.25, 0.3) is 0 Å². The fourth-order valence-electron chi connectivity index (χ4n) is 1.96. The highest BCUT2D eigenvalue weighted by Crippen LogP contribution is 2.18. The van der Waals surface area contributed by atoms with E-state index in [4.69, 9.17) is 5.11 Å². The van der Waals surface area contributed by atoms with Gasteiger partial charge in [-0.1, -0.05) is 12.1 Å². The molecular weight excluding hydrogens is 236 g/mol. The van der Waals surface area contributed by atoms with Gasteiger partial charge >= 0.3 is 0 Å². The molecule has 1 aromatic carbocycles. The zero-order valence-electron chi connectivity index (χ0n) is 9.78. The van der Waals surface area contributed by atoms with E-state index in [1.807, 2.05) is 0 Å². The van der Waals surface area contributed by atoms with Gasteiger partial charge in [0.2, 0.25) is 5.91 Å². The Labute approximate surface area is 104 Å². The number of nitro benzene ring substituents is 1. The summed E-state index contributed by atoms with van der Waals surface area (Å²) in [6, 6.07) is 6.10. The maximum absolute atomic E-state index is 11.8. The van der Waals surface area contributed by atoms with Crippen LogP contribution in [0.3, 0.4) is 0 Å². The molecule has 1 saturated heterocycles. The number of aliphatic hydroxyl groups is 1. The van der Waals surface area contributed by atoms with Gasteiger partial charge in [0.15, 0.2) is 0 Å². The summed E-state index contributed by atoms with van der Waals surface area (Å²) in [5, 5.41) is 19.5. The minimum Gasteiger partial charge on any atom is -0.396 e. The van der Waals surface area contributed by atoms with Gasteiger partial charge in [-0.15, -0.1) is 0 Å². The van der Waals surface area contributed by atoms with Crippen molar-refractivity contribution in [2.45, 2.75) is 6.42 Å². The third kappa shape index (κ3) is 2.65. The van der Waals surface area contributed by atoms with Crippen LogP contribution >= 0.6 is 0 Å². The number of benzene rings is 1. The van der Waals surface area contributed by atoms with Crippen LogP contribution in [0.4, 0.5) is 5.69 Å². The second kappa shape index (κ2) is 5.14. The molecule has 1 heterocycles. The molecule has 1 N–H and O–H groups in total. The molecule has 96 valence electrons. The van der Waals surface area contributed by atoms with Crippen molar-refractivity contribution in [2.75, 3.05) is 19.7 Å². The fourth-order valence-corrected chi connectivity index (χ4v) is 1.96. The maximum Gasteiger partial charge on any atom is 0.269 e. The topological polar surface area (TPSA) is 83.7 Å². The van der Waals surface area contributed by atoms with Crippen LogP contribution in [0.15, 0.2) is 24.3 Å². The summed E-state index contributed by atoms with van der Waals surface area (Å²) < 4.78 is 0. The second-order valence-electron chi connectivity index (χ2n) is 4.45. The van der Waals surface area contributed by atoms with Gasteiger partial charge in [-0.05, 0) is 5.56 Å². The molecule has 6 heteroatoms. The number of non-ortho nitro benzene ring substituents is 1. The number of amides is 1. The molecule has 1 aliphatic heterocycles. The summed E-state index contributed by atoms with van der Waals surface area (Å²) in [5.74, 6) is 0.124. The van der Waals surface area contributed by atoms with Crippen molar-refractivity contribution in [1.82, 2.24) is 4.90 Å². The monoisotopic (exact) mass is 250 g/mol. The number of nitrogens with zero attached hydrogens (tertiary/aromatic N) is 2. The van der Waals surface area contributed by atoms with Gasteiger partial charge in [0.05, 0.1) is 11.3 Å². The van der Waals surface area contributed by atoms with Crippen molar-refractivity contribution >= 4 is 11.6 Å². The highest BCUT2D eigenvalue weighted by Gasteiger charge is 2.29. The number of rotatable bonds is 4. The van der Waals surface area contributed by atoms with E-state index in [0.717, 1.165) is 0 Å². The lowest BCUT2D eigenvalue weighted by atomic mass is 10.00. The number of hydrogen-bond acceptors (Lipinski definition) is 4. The van der Waals surface area contributed by atoms with E-state index >= 15 is 0 Å². The van der Waals surface area contributed by atoms with E-state index in [2.05, 4.69) is 0 Å². The smallest absolute Gasteiger partial charge is 0.269 e. The number of nitro groups is 1. The van der Waals surface area contributed by atoms with Crippen molar-refractivity contribution in [3.63, 3.8) is 0 Å². The van der Waals surface area contributed by atoms with Crippen LogP contribution < -0.4 is 0 Å². The Bertz CT molecular complexity index is 469. The van der Waals surface area contributed by atoms with E-state index in [1.54, 1.807) is 17.0 Å². The van der Waals surface area contributed by atoms with Gasteiger partial charge in [0.25, 0.3) is 5.69 Å². The van der Waals surface area contributed by atoms with E-state index in [1.165, 1.54) is 12.1 Å². The Morgan fingerprint density at radius 2 is 2.22 bits per heavy atom. The minimum absolute atomic E-state index is 0.00264. The number of carbonyl (C=O) groups excluding carboxylic acids is 1. The fraction of sp³-hybridized carbons (Fsp3) is 0.417. The summed E-state index contributed by atoms with van der Waals surface area (Å²) in [4.78, 5) is 23.6. The predicted molar refractivity (Wildman–Crippen MR) is 64.0 cm³/mol. The first-order valence-corrected chi connectivity index (χ1v) is 5.72. The Balaban J connectivity index is 1.95. The van der Waals surface area contributed by atoms with Gasteiger partial charge < -0.3 is 10.0 Å². The quantitative estimate of drug-likeness (QED) is 0.626. The van der Waals surface area contributed by atoms with Crippen molar-refractivity contribution in [2.24, 2.45) is 5.92 Å².